The first-order valence-electron chi connectivity index (χ1n) is 12.3. The van der Waals surface area contributed by atoms with Crippen LogP contribution in [0.1, 0.15) is 32.8 Å². The Hall–Kier alpha value is -2.74. The van der Waals surface area contributed by atoms with Gasteiger partial charge >= 0.3 is 12.6 Å². The minimum Gasteiger partial charge on any atom is -0.465 e. The van der Waals surface area contributed by atoms with Crippen LogP contribution in [0.2, 0.25) is 0 Å². The second-order valence-corrected chi connectivity index (χ2v) is 12.3. The number of para-hydroxylation sites is 1. The Kier molecular flexibility index (Phi) is 8.84. The molecule has 1 saturated heterocycles. The quantitative estimate of drug-likeness (QED) is 0.226. The molecule has 212 valence electrons. The zero-order chi connectivity index (χ0) is 28.4. The van der Waals surface area contributed by atoms with Crippen molar-refractivity contribution in [2.45, 2.75) is 57.8 Å². The summed E-state index contributed by atoms with van der Waals surface area (Å²) in [6, 6.07) is 7.84. The number of esters is 1. The van der Waals surface area contributed by atoms with Gasteiger partial charge in [0.05, 0.1) is 19.5 Å². The Morgan fingerprint density at radius 1 is 1.36 bits per heavy atom. The summed E-state index contributed by atoms with van der Waals surface area (Å²) in [5.41, 5.74) is -1.47. The van der Waals surface area contributed by atoms with E-state index in [4.69, 9.17) is 30.3 Å². The number of carbonyl (C=O) groups is 1. The highest BCUT2D eigenvalue weighted by Gasteiger charge is 2.55. The largest absolute Gasteiger partial charge is 0.465 e. The molecule has 1 fully saturated rings. The van der Waals surface area contributed by atoms with Gasteiger partial charge in [-0.05, 0) is 51.6 Å². The molecule has 15 heteroatoms. The first-order chi connectivity index (χ1) is 18.5. The molecule has 3 heterocycles. The number of rotatable bonds is 11. The summed E-state index contributed by atoms with van der Waals surface area (Å²) in [6.07, 6.45) is -2.60. The number of carbonyl (C=O) groups excluding carboxylic acids is 1. The van der Waals surface area contributed by atoms with E-state index in [-0.39, 0.29) is 13.2 Å². The topological polar surface area (TPSA) is 142 Å². The third-order valence-corrected chi connectivity index (χ3v) is 8.61. The van der Waals surface area contributed by atoms with E-state index < -0.39 is 42.8 Å². The lowest BCUT2D eigenvalue weighted by atomic mass is 9.98. The number of aryl methyl sites for hydroxylation is 1. The van der Waals surface area contributed by atoms with E-state index in [1.165, 1.54) is 17.8 Å². The van der Waals surface area contributed by atoms with Gasteiger partial charge in [-0.25, -0.2) is 24.4 Å². The van der Waals surface area contributed by atoms with Crippen LogP contribution in [0.15, 0.2) is 36.7 Å². The summed E-state index contributed by atoms with van der Waals surface area (Å²) in [5, 5.41) is 16.8. The Labute approximate surface area is 230 Å². The van der Waals surface area contributed by atoms with E-state index in [1.807, 2.05) is 6.07 Å². The minimum atomic E-state index is -3.41. The predicted molar refractivity (Wildman–Crippen MR) is 146 cm³/mol. The van der Waals surface area contributed by atoms with Gasteiger partial charge in [-0.3, -0.25) is 9.36 Å². The van der Waals surface area contributed by atoms with Crippen molar-refractivity contribution in [3.05, 3.63) is 42.5 Å². The SMILES string of the molecule is CCOC(=O)[C@@H](C)N[P@](=S)(OC[C@H]1O[C@@H](n2cnc3c(NC)nc(C)nc32)[C@](C)(F)[C@@H]1O)Oc1ccccc1. The van der Waals surface area contributed by atoms with Crippen molar-refractivity contribution in [2.75, 3.05) is 25.6 Å². The molecule has 0 aliphatic carbocycles. The van der Waals surface area contributed by atoms with Crippen molar-refractivity contribution in [1.82, 2.24) is 24.6 Å². The number of fused-ring (bicyclic) bond motifs is 1. The lowest BCUT2D eigenvalue weighted by Gasteiger charge is -2.28. The van der Waals surface area contributed by atoms with Crippen LogP contribution in [0.4, 0.5) is 10.2 Å². The van der Waals surface area contributed by atoms with E-state index in [0.29, 0.717) is 28.6 Å². The molecule has 12 nitrogen and oxygen atoms in total. The monoisotopic (exact) mass is 582 g/mol. The van der Waals surface area contributed by atoms with Gasteiger partial charge in [-0.1, -0.05) is 18.2 Å². The fraction of sp³-hybridized carbons (Fsp3) is 0.500. The number of hydrogen-bond donors (Lipinski definition) is 3. The number of aliphatic hydroxyl groups excluding tert-OH is 1. The summed E-state index contributed by atoms with van der Waals surface area (Å²) in [4.78, 5) is 25.3. The van der Waals surface area contributed by atoms with Crippen LogP contribution < -0.4 is 14.9 Å². The van der Waals surface area contributed by atoms with Gasteiger partial charge in [-0.15, -0.1) is 0 Å². The van der Waals surface area contributed by atoms with Crippen molar-refractivity contribution >= 4 is 41.4 Å². The normalized spacial score (nSPS) is 25.3. The summed E-state index contributed by atoms with van der Waals surface area (Å²) >= 11 is 5.69. The van der Waals surface area contributed by atoms with Gasteiger partial charge in [0.1, 0.15) is 29.8 Å². The van der Waals surface area contributed by atoms with Gasteiger partial charge in [0.25, 0.3) is 0 Å². The van der Waals surface area contributed by atoms with Crippen molar-refractivity contribution in [1.29, 1.82) is 0 Å². The minimum absolute atomic E-state index is 0.190. The molecule has 3 aromatic rings. The van der Waals surface area contributed by atoms with Crippen LogP contribution in [-0.4, -0.2) is 74.8 Å². The van der Waals surface area contributed by atoms with Crippen LogP contribution in [0, 0.1) is 6.92 Å². The molecule has 1 aromatic carbocycles. The van der Waals surface area contributed by atoms with Crippen LogP contribution >= 0.6 is 6.64 Å². The highest BCUT2D eigenvalue weighted by Crippen LogP contribution is 2.48. The summed E-state index contributed by atoms with van der Waals surface area (Å²) in [7, 11) is 1.70. The number of anilines is 1. The van der Waals surface area contributed by atoms with Gasteiger partial charge in [-0.2, -0.15) is 0 Å². The molecule has 0 bridgehead atoms. The molecule has 6 atom stereocenters. The molecule has 0 unspecified atom stereocenters. The van der Waals surface area contributed by atoms with Crippen molar-refractivity contribution in [2.24, 2.45) is 0 Å². The Bertz CT molecular complexity index is 1360. The van der Waals surface area contributed by atoms with Gasteiger partial charge in [0.2, 0.25) is 0 Å². The first kappa shape index (κ1) is 29.2. The Morgan fingerprint density at radius 2 is 2.08 bits per heavy atom. The third-order valence-electron chi connectivity index (χ3n) is 6.11. The fourth-order valence-electron chi connectivity index (χ4n) is 4.16. The second kappa shape index (κ2) is 11.8. The van der Waals surface area contributed by atoms with Gasteiger partial charge < -0.3 is 28.9 Å². The van der Waals surface area contributed by atoms with Crippen LogP contribution in [-0.2, 0) is 30.6 Å². The highest BCUT2D eigenvalue weighted by atomic mass is 32.5. The molecule has 2 aromatic heterocycles. The fourth-order valence-corrected chi connectivity index (χ4v) is 6.58. The van der Waals surface area contributed by atoms with E-state index in [1.54, 1.807) is 52.1 Å². The van der Waals surface area contributed by atoms with Crippen LogP contribution in [0.3, 0.4) is 0 Å². The average Bonchev–Trinajstić information content (AvgIpc) is 3.40. The summed E-state index contributed by atoms with van der Waals surface area (Å²) in [6.45, 7) is 2.65. The maximum atomic E-state index is 16.0. The molecular formula is C24H32FN6O6PS. The molecule has 4 rings (SSSR count). The van der Waals surface area contributed by atoms with Crippen molar-refractivity contribution in [3.63, 3.8) is 0 Å². The first-order valence-corrected chi connectivity index (χ1v) is 15.0. The van der Waals surface area contributed by atoms with Crippen molar-refractivity contribution in [3.8, 4) is 5.75 Å². The third kappa shape index (κ3) is 6.21. The number of aliphatic hydroxyl groups is 1. The highest BCUT2D eigenvalue weighted by molar-refractivity contribution is 8.09. The average molecular weight is 583 g/mol. The Balaban J connectivity index is 1.57. The molecule has 39 heavy (non-hydrogen) atoms. The molecule has 1 aliphatic rings. The predicted octanol–water partition coefficient (Wildman–Crippen LogP) is 3.02. The van der Waals surface area contributed by atoms with Crippen LogP contribution in [0.25, 0.3) is 11.2 Å². The maximum absolute atomic E-state index is 16.0. The van der Waals surface area contributed by atoms with E-state index in [2.05, 4.69) is 25.4 Å². The number of aromatic nitrogens is 4. The van der Waals surface area contributed by atoms with E-state index in [0.717, 1.165) is 0 Å². The molecule has 0 spiro atoms. The number of imidazole rings is 1. The lowest BCUT2D eigenvalue weighted by Crippen LogP contribution is -2.41. The zero-order valence-electron chi connectivity index (χ0n) is 22.2. The smallest absolute Gasteiger partial charge is 0.323 e. The molecule has 0 saturated carbocycles. The van der Waals surface area contributed by atoms with Gasteiger partial charge in [0, 0.05) is 7.05 Å². The molecule has 1 aliphatic heterocycles. The number of ether oxygens (including phenoxy) is 2. The molecule has 3 N–H and O–H groups in total. The lowest BCUT2D eigenvalue weighted by molar-refractivity contribution is -0.144. The number of benzene rings is 1. The number of hydrogen-bond acceptors (Lipinski definition) is 11. The summed E-state index contributed by atoms with van der Waals surface area (Å²) in [5.74, 6) is 0.806. The van der Waals surface area contributed by atoms with Gasteiger partial charge in [0.15, 0.2) is 28.9 Å². The molecule has 0 amide bonds. The summed E-state index contributed by atoms with van der Waals surface area (Å²) < 4.78 is 40.4. The van der Waals surface area contributed by atoms with E-state index in [9.17, 15) is 9.90 Å². The molecular weight excluding hydrogens is 550 g/mol. The number of nitrogens with one attached hydrogen (secondary N) is 2. The maximum Gasteiger partial charge on any atom is 0.323 e. The number of halogens is 1. The molecule has 0 radical (unpaired) electrons. The standard InChI is InChI=1S/C24H32FN6O6PS/c1-6-34-22(33)14(2)30-38(39,37-16-10-8-7-9-11-16)35-12-17-19(32)24(4,25)23(36-17)31-13-27-18-20(26-5)28-15(3)29-21(18)31/h7-11,13-14,17,19,23,32H,6,12H2,1-5H3,(H,30,39)(H,26,28,29)/t14-,17-,19-,23-,24-,38+/m1/s1. The number of alkyl halides is 1. The van der Waals surface area contributed by atoms with E-state index >= 15 is 4.39 Å². The van der Waals surface area contributed by atoms with Crippen LogP contribution in [0.5, 0.6) is 5.75 Å². The van der Waals surface area contributed by atoms with Crippen molar-refractivity contribution < 1.29 is 32.8 Å². The number of nitrogens with zero attached hydrogens (tertiary/aromatic N) is 4. The zero-order valence-corrected chi connectivity index (χ0v) is 23.9. The Morgan fingerprint density at radius 3 is 2.74 bits per heavy atom. The second-order valence-electron chi connectivity index (χ2n) is 9.12.